The monoisotopic (exact) mass is 372 g/mol. The molecule has 0 amide bonds. The number of amidine groups is 1. The minimum absolute atomic E-state index is 0.0932. The highest BCUT2D eigenvalue weighted by Gasteiger charge is 2.57. The summed E-state index contributed by atoms with van der Waals surface area (Å²) in [6.45, 7) is 1.74. The van der Waals surface area contributed by atoms with Gasteiger partial charge in [-0.15, -0.1) is 0 Å². The van der Waals surface area contributed by atoms with Gasteiger partial charge in [0, 0.05) is 20.7 Å². The molecule has 24 heavy (non-hydrogen) atoms. The highest BCUT2D eigenvalue weighted by atomic mass is 32.2. The summed E-state index contributed by atoms with van der Waals surface area (Å²) in [5, 5.41) is 20.9. The average Bonchev–Trinajstić information content (AvgIpc) is 2.91. The molecule has 0 aromatic carbocycles. The molecule has 0 radical (unpaired) electrons. The first-order valence-electron chi connectivity index (χ1n) is 7.78. The SMILES string of the molecule is CCCCO[C@@H](C1O[C@@H]2SC(N(C)C)=N[C@@H]2[C@@H](O)[C@@H]1O)C(F)(F)F. The van der Waals surface area contributed by atoms with E-state index in [1.165, 1.54) is 0 Å². The number of halogens is 3. The van der Waals surface area contributed by atoms with Gasteiger partial charge >= 0.3 is 6.18 Å². The smallest absolute Gasteiger partial charge is 0.388 e. The Bertz CT molecular complexity index is 464. The Hall–Kier alpha value is -0.550. The number of aliphatic hydroxyl groups is 2. The van der Waals surface area contributed by atoms with Gasteiger partial charge in [-0.05, 0) is 6.42 Å². The molecule has 0 spiro atoms. The summed E-state index contributed by atoms with van der Waals surface area (Å²) < 4.78 is 50.4. The largest absolute Gasteiger partial charge is 0.417 e. The molecule has 0 bridgehead atoms. The van der Waals surface area contributed by atoms with Crippen molar-refractivity contribution in [3.8, 4) is 0 Å². The van der Waals surface area contributed by atoms with Crippen LogP contribution in [0.5, 0.6) is 0 Å². The van der Waals surface area contributed by atoms with Gasteiger partial charge in [-0.25, -0.2) is 0 Å². The lowest BCUT2D eigenvalue weighted by Crippen LogP contribution is -2.61. The first-order valence-corrected chi connectivity index (χ1v) is 8.66. The average molecular weight is 372 g/mol. The van der Waals surface area contributed by atoms with Crippen LogP contribution in [-0.2, 0) is 9.47 Å². The van der Waals surface area contributed by atoms with Crippen LogP contribution in [0.3, 0.4) is 0 Å². The van der Waals surface area contributed by atoms with E-state index in [0.717, 1.165) is 11.8 Å². The Kier molecular flexibility index (Phi) is 6.40. The third-order valence-corrected chi connectivity index (χ3v) is 5.19. The van der Waals surface area contributed by atoms with E-state index in [-0.39, 0.29) is 6.61 Å². The number of aliphatic hydroxyl groups excluding tert-OH is 2. The quantitative estimate of drug-likeness (QED) is 0.707. The molecule has 6 atom stereocenters. The molecule has 0 aliphatic carbocycles. The van der Waals surface area contributed by atoms with E-state index >= 15 is 0 Å². The van der Waals surface area contributed by atoms with Crippen molar-refractivity contribution in [2.24, 2.45) is 4.99 Å². The van der Waals surface area contributed by atoms with Gasteiger partial charge in [-0.1, -0.05) is 25.1 Å². The predicted molar refractivity (Wildman–Crippen MR) is 83.9 cm³/mol. The summed E-state index contributed by atoms with van der Waals surface area (Å²) in [5.41, 5.74) is -0.787. The molecule has 2 aliphatic rings. The second-order valence-corrected chi connectivity index (χ2v) is 7.12. The normalized spacial score (nSPS) is 34.7. The predicted octanol–water partition coefficient (Wildman–Crippen LogP) is 1.21. The third-order valence-electron chi connectivity index (χ3n) is 3.89. The van der Waals surface area contributed by atoms with Crippen LogP contribution >= 0.6 is 11.8 Å². The van der Waals surface area contributed by atoms with E-state index in [1.807, 2.05) is 6.92 Å². The number of hydrogen-bond donors (Lipinski definition) is 2. The van der Waals surface area contributed by atoms with Crippen LogP contribution in [0.2, 0.25) is 0 Å². The Labute approximate surface area is 143 Å². The van der Waals surface area contributed by atoms with Crippen molar-refractivity contribution < 1.29 is 32.9 Å². The fraction of sp³-hybridized carbons (Fsp3) is 0.929. The van der Waals surface area contributed by atoms with Gasteiger partial charge in [0.1, 0.15) is 29.8 Å². The number of rotatable bonds is 5. The minimum atomic E-state index is -4.71. The van der Waals surface area contributed by atoms with Crippen LogP contribution in [0.4, 0.5) is 13.2 Å². The Morgan fingerprint density at radius 1 is 1.33 bits per heavy atom. The van der Waals surface area contributed by atoms with E-state index in [0.29, 0.717) is 18.0 Å². The van der Waals surface area contributed by atoms with Crippen LogP contribution < -0.4 is 0 Å². The molecule has 2 aliphatic heterocycles. The third kappa shape index (κ3) is 4.16. The van der Waals surface area contributed by atoms with Crippen molar-refractivity contribution in [1.29, 1.82) is 0 Å². The zero-order valence-corrected chi connectivity index (χ0v) is 14.5. The molecule has 2 rings (SSSR count). The van der Waals surface area contributed by atoms with Gasteiger partial charge < -0.3 is 24.6 Å². The van der Waals surface area contributed by atoms with Gasteiger partial charge in [0.2, 0.25) is 0 Å². The van der Waals surface area contributed by atoms with E-state index in [9.17, 15) is 23.4 Å². The number of hydrogen-bond acceptors (Lipinski definition) is 7. The maximum Gasteiger partial charge on any atom is 0.417 e. The fourth-order valence-corrected chi connectivity index (χ4v) is 3.72. The van der Waals surface area contributed by atoms with E-state index in [4.69, 9.17) is 9.47 Å². The number of aliphatic imine (C=N–C) groups is 1. The number of unbranched alkanes of at least 4 members (excludes halogenated alkanes) is 1. The number of ether oxygens (including phenoxy) is 2. The molecule has 0 aromatic heterocycles. The number of thioether (sulfide) groups is 1. The van der Waals surface area contributed by atoms with Crippen LogP contribution in [0.25, 0.3) is 0 Å². The van der Waals surface area contributed by atoms with Crippen LogP contribution in [0, 0.1) is 0 Å². The lowest BCUT2D eigenvalue weighted by Gasteiger charge is -2.41. The van der Waals surface area contributed by atoms with Crippen molar-refractivity contribution in [2.75, 3.05) is 20.7 Å². The highest BCUT2D eigenvalue weighted by Crippen LogP contribution is 2.40. The number of alkyl halides is 3. The molecule has 1 unspecified atom stereocenters. The van der Waals surface area contributed by atoms with Crippen molar-refractivity contribution in [3.05, 3.63) is 0 Å². The number of fused-ring (bicyclic) bond motifs is 1. The molecule has 2 heterocycles. The molecule has 0 saturated carbocycles. The zero-order valence-electron chi connectivity index (χ0n) is 13.7. The van der Waals surface area contributed by atoms with Gasteiger partial charge in [0.25, 0.3) is 0 Å². The van der Waals surface area contributed by atoms with Crippen molar-refractivity contribution in [2.45, 2.75) is 61.8 Å². The first kappa shape index (κ1) is 19.8. The highest BCUT2D eigenvalue weighted by molar-refractivity contribution is 8.14. The molecule has 140 valence electrons. The van der Waals surface area contributed by atoms with E-state index < -0.39 is 42.1 Å². The van der Waals surface area contributed by atoms with Crippen molar-refractivity contribution >= 4 is 16.9 Å². The second kappa shape index (κ2) is 7.77. The Balaban J connectivity index is 2.15. The van der Waals surface area contributed by atoms with Crippen LogP contribution in [0.1, 0.15) is 19.8 Å². The van der Waals surface area contributed by atoms with Crippen LogP contribution in [0.15, 0.2) is 4.99 Å². The molecule has 0 aromatic rings. The van der Waals surface area contributed by atoms with Gasteiger partial charge in [-0.3, -0.25) is 4.99 Å². The molecule has 10 heteroatoms. The van der Waals surface area contributed by atoms with Crippen LogP contribution in [-0.4, -0.2) is 83.1 Å². The Morgan fingerprint density at radius 3 is 2.54 bits per heavy atom. The lowest BCUT2D eigenvalue weighted by atomic mass is 9.94. The summed E-state index contributed by atoms with van der Waals surface area (Å²) in [4.78, 5) is 5.90. The van der Waals surface area contributed by atoms with Gasteiger partial charge in [0.05, 0.1) is 0 Å². The van der Waals surface area contributed by atoms with E-state index in [1.54, 1.807) is 19.0 Å². The summed E-state index contributed by atoms with van der Waals surface area (Å²) in [5.74, 6) is 0. The summed E-state index contributed by atoms with van der Waals surface area (Å²) >= 11 is 1.13. The standard InChI is InChI=1S/C14H23F3N2O4S/c1-4-5-6-22-11(14(15,16)17)10-9(21)8(20)7-12(23-10)24-13(18-7)19(2)3/h7-12,20-21H,4-6H2,1-3H3/t7-,8-,9+,10?,11+,12-/m1/s1. The van der Waals surface area contributed by atoms with Crippen molar-refractivity contribution in [1.82, 2.24) is 4.90 Å². The van der Waals surface area contributed by atoms with E-state index in [2.05, 4.69) is 4.99 Å². The molecule has 6 nitrogen and oxygen atoms in total. The molecule has 1 fully saturated rings. The molecular formula is C14H23F3N2O4S. The summed E-state index contributed by atoms with van der Waals surface area (Å²) in [7, 11) is 3.46. The lowest BCUT2D eigenvalue weighted by molar-refractivity contribution is -0.284. The topological polar surface area (TPSA) is 74.5 Å². The zero-order chi connectivity index (χ0) is 18.1. The van der Waals surface area contributed by atoms with Gasteiger partial charge in [0.15, 0.2) is 11.3 Å². The maximum absolute atomic E-state index is 13.3. The summed E-state index contributed by atoms with van der Waals surface area (Å²) in [6.07, 6.45) is -10.7. The number of nitrogens with zero attached hydrogens (tertiary/aromatic N) is 2. The molecule has 1 saturated heterocycles. The summed E-state index contributed by atoms with van der Waals surface area (Å²) in [6, 6.07) is -0.803. The fourth-order valence-electron chi connectivity index (χ4n) is 2.57. The maximum atomic E-state index is 13.3. The first-order chi connectivity index (χ1) is 11.2. The Morgan fingerprint density at radius 2 is 2.00 bits per heavy atom. The molecular weight excluding hydrogens is 349 g/mol. The van der Waals surface area contributed by atoms with Gasteiger partial charge in [-0.2, -0.15) is 13.2 Å². The van der Waals surface area contributed by atoms with Crippen molar-refractivity contribution in [3.63, 3.8) is 0 Å². The second-order valence-electron chi connectivity index (χ2n) is 6.05. The minimum Gasteiger partial charge on any atom is -0.388 e. The molecule has 2 N–H and O–H groups in total.